The van der Waals surface area contributed by atoms with Gasteiger partial charge in [-0.05, 0) is 56.7 Å². The smallest absolute Gasteiger partial charge is 0.306 e. The Bertz CT molecular complexity index is 1010. The highest BCUT2D eigenvalue weighted by Gasteiger charge is 2.30. The number of carbonyl (C=O) groups is 4. The summed E-state index contributed by atoms with van der Waals surface area (Å²) in [6.07, 6.45) is 13.1. The average Bonchev–Trinajstić information content (AvgIpc) is 3.42. The molecule has 0 bridgehead atoms. The van der Waals surface area contributed by atoms with Crippen molar-refractivity contribution in [1.29, 1.82) is 0 Å². The van der Waals surface area contributed by atoms with E-state index < -0.39 is 12.1 Å². The lowest BCUT2D eigenvalue weighted by Gasteiger charge is -2.29. The number of benzene rings is 1. The van der Waals surface area contributed by atoms with Crippen LogP contribution in [0.1, 0.15) is 70.6 Å². The first-order valence-electron chi connectivity index (χ1n) is 12.7. The fourth-order valence-corrected chi connectivity index (χ4v) is 5.15. The zero-order chi connectivity index (χ0) is 24.6. The number of anilines is 1. The second-order valence-electron chi connectivity index (χ2n) is 9.53. The van der Waals surface area contributed by atoms with E-state index in [0.29, 0.717) is 29.9 Å². The van der Waals surface area contributed by atoms with Crippen molar-refractivity contribution in [2.75, 3.05) is 4.90 Å². The normalized spacial score (nSPS) is 18.7. The van der Waals surface area contributed by atoms with Crippen molar-refractivity contribution >= 4 is 29.6 Å². The predicted octanol–water partition coefficient (Wildman–Crippen LogP) is 4.89. The first-order valence-corrected chi connectivity index (χ1v) is 12.7. The zero-order valence-electron chi connectivity index (χ0n) is 20.1. The predicted molar refractivity (Wildman–Crippen MR) is 133 cm³/mol. The summed E-state index contributed by atoms with van der Waals surface area (Å²) in [4.78, 5) is 52.8. The van der Waals surface area contributed by atoms with Gasteiger partial charge in [0.15, 0.2) is 0 Å². The fraction of sp³-hybridized carbons (Fsp3) is 0.481. The maximum absolute atomic E-state index is 13.4. The third-order valence-corrected chi connectivity index (χ3v) is 7.05. The molecule has 0 atom stereocenters. The molecule has 3 aliphatic carbocycles. The molecule has 0 aliphatic heterocycles. The van der Waals surface area contributed by atoms with E-state index in [2.05, 4.69) is 16.0 Å². The first-order chi connectivity index (χ1) is 17.0. The summed E-state index contributed by atoms with van der Waals surface area (Å²) in [6.45, 7) is 0. The van der Waals surface area contributed by atoms with Gasteiger partial charge in [-0.25, -0.2) is 9.59 Å². The number of imide groups is 2. The van der Waals surface area contributed by atoms with Crippen LogP contribution >= 0.6 is 0 Å². The molecule has 8 heteroatoms. The van der Waals surface area contributed by atoms with Crippen molar-refractivity contribution < 1.29 is 19.2 Å². The van der Waals surface area contributed by atoms with Gasteiger partial charge >= 0.3 is 12.1 Å². The molecule has 2 saturated carbocycles. The van der Waals surface area contributed by atoms with Gasteiger partial charge in [0.25, 0.3) is 0 Å². The minimum Gasteiger partial charge on any atom is -0.306 e. The Morgan fingerprint density at radius 1 is 0.771 bits per heavy atom. The van der Waals surface area contributed by atoms with Crippen molar-refractivity contribution in [3.05, 3.63) is 53.9 Å². The minimum absolute atomic E-state index is 0.141. The van der Waals surface area contributed by atoms with Crippen molar-refractivity contribution in [2.45, 2.75) is 70.6 Å². The standard InChI is InChI=1S/C27H34N4O4/c32-24(19-11-3-1-4-12-19)29-26(34)28-22-17-9-10-18-23(22)31(21-15-5-2-6-16-21)27(35)30-25(33)20-13-7-8-14-20/h2,5-6,9,15-17,19-20H,1,3-4,7-8,10-14,18H2,(H,30,33,35)(H2,28,29,32,34). The van der Waals surface area contributed by atoms with Crippen LogP contribution in [0.25, 0.3) is 0 Å². The van der Waals surface area contributed by atoms with E-state index in [-0.39, 0.29) is 23.7 Å². The first kappa shape index (κ1) is 24.7. The SMILES string of the molecule is O=C(NC(=O)C1CCCCC1)NC1=C(N(C(=O)NC(=O)C2CCCC2)c2ccccc2)CCC=C1. The molecular weight excluding hydrogens is 444 g/mol. The number of urea groups is 2. The van der Waals surface area contributed by atoms with E-state index >= 15 is 0 Å². The molecule has 6 amide bonds. The van der Waals surface area contributed by atoms with E-state index in [9.17, 15) is 19.2 Å². The third kappa shape index (κ3) is 6.38. The molecule has 0 spiro atoms. The summed E-state index contributed by atoms with van der Waals surface area (Å²) in [7, 11) is 0. The molecule has 35 heavy (non-hydrogen) atoms. The Balaban J connectivity index is 1.53. The van der Waals surface area contributed by atoms with Crippen LogP contribution in [0.5, 0.6) is 0 Å². The van der Waals surface area contributed by atoms with E-state index in [1.807, 2.05) is 24.3 Å². The Morgan fingerprint density at radius 3 is 2.03 bits per heavy atom. The number of allylic oxidation sites excluding steroid dienone is 3. The van der Waals surface area contributed by atoms with E-state index in [1.54, 1.807) is 18.2 Å². The summed E-state index contributed by atoms with van der Waals surface area (Å²) < 4.78 is 0. The summed E-state index contributed by atoms with van der Waals surface area (Å²) >= 11 is 0. The number of para-hydroxylation sites is 1. The number of rotatable bonds is 5. The molecule has 0 unspecified atom stereocenters. The lowest BCUT2D eigenvalue weighted by molar-refractivity contribution is -0.125. The lowest BCUT2D eigenvalue weighted by atomic mass is 9.89. The largest absolute Gasteiger partial charge is 0.332 e. The molecule has 3 aliphatic rings. The van der Waals surface area contributed by atoms with Gasteiger partial charge in [0.05, 0.1) is 17.1 Å². The molecule has 4 rings (SSSR count). The van der Waals surface area contributed by atoms with Gasteiger partial charge in [0, 0.05) is 11.8 Å². The number of carbonyl (C=O) groups excluding carboxylic acids is 4. The second kappa shape index (κ2) is 11.8. The highest BCUT2D eigenvalue weighted by molar-refractivity contribution is 6.05. The van der Waals surface area contributed by atoms with Crippen LogP contribution in [-0.2, 0) is 9.59 Å². The van der Waals surface area contributed by atoms with Crippen LogP contribution in [0.15, 0.2) is 53.9 Å². The Morgan fingerprint density at radius 2 is 1.37 bits per heavy atom. The van der Waals surface area contributed by atoms with Crippen LogP contribution in [0, 0.1) is 11.8 Å². The minimum atomic E-state index is -0.616. The molecule has 2 fully saturated rings. The molecule has 3 N–H and O–H groups in total. The molecule has 1 aromatic carbocycles. The molecule has 186 valence electrons. The summed E-state index contributed by atoms with van der Waals surface area (Å²) in [6, 6.07) is 7.89. The Kier molecular flexibility index (Phi) is 8.34. The van der Waals surface area contributed by atoms with Crippen molar-refractivity contribution in [1.82, 2.24) is 16.0 Å². The third-order valence-electron chi connectivity index (χ3n) is 7.05. The summed E-state index contributed by atoms with van der Waals surface area (Å²) in [5.41, 5.74) is 1.58. The van der Waals surface area contributed by atoms with Gasteiger partial charge < -0.3 is 5.32 Å². The molecule has 0 aromatic heterocycles. The number of amides is 6. The maximum atomic E-state index is 13.4. The van der Waals surface area contributed by atoms with E-state index in [1.165, 1.54) is 4.90 Å². The van der Waals surface area contributed by atoms with Gasteiger partial charge in [-0.15, -0.1) is 0 Å². The van der Waals surface area contributed by atoms with Gasteiger partial charge in [-0.1, -0.05) is 56.4 Å². The second-order valence-corrected chi connectivity index (χ2v) is 9.53. The molecule has 8 nitrogen and oxygen atoms in total. The Labute approximate surface area is 206 Å². The summed E-state index contributed by atoms with van der Waals surface area (Å²) in [5.74, 6) is -0.807. The van der Waals surface area contributed by atoms with Crippen molar-refractivity contribution in [3.8, 4) is 0 Å². The van der Waals surface area contributed by atoms with E-state index in [0.717, 1.165) is 57.8 Å². The average molecular weight is 479 g/mol. The molecule has 0 saturated heterocycles. The molecule has 0 radical (unpaired) electrons. The number of hydrogen-bond donors (Lipinski definition) is 3. The van der Waals surface area contributed by atoms with Gasteiger partial charge in [0.1, 0.15) is 0 Å². The highest BCUT2D eigenvalue weighted by Crippen LogP contribution is 2.29. The van der Waals surface area contributed by atoms with Crippen LogP contribution in [0.2, 0.25) is 0 Å². The fourth-order valence-electron chi connectivity index (χ4n) is 5.15. The number of nitrogens with zero attached hydrogens (tertiary/aromatic N) is 1. The number of hydrogen-bond acceptors (Lipinski definition) is 4. The number of nitrogens with one attached hydrogen (secondary N) is 3. The van der Waals surface area contributed by atoms with Crippen LogP contribution in [0.4, 0.5) is 15.3 Å². The zero-order valence-corrected chi connectivity index (χ0v) is 20.1. The van der Waals surface area contributed by atoms with Crippen LogP contribution < -0.4 is 20.9 Å². The van der Waals surface area contributed by atoms with Crippen molar-refractivity contribution in [3.63, 3.8) is 0 Å². The van der Waals surface area contributed by atoms with Gasteiger partial charge in [0.2, 0.25) is 11.8 Å². The van der Waals surface area contributed by atoms with Crippen molar-refractivity contribution in [2.24, 2.45) is 11.8 Å². The van der Waals surface area contributed by atoms with Gasteiger partial charge in [-0.2, -0.15) is 0 Å². The molecule has 0 heterocycles. The van der Waals surface area contributed by atoms with Crippen LogP contribution in [0.3, 0.4) is 0 Å². The lowest BCUT2D eigenvalue weighted by Crippen LogP contribution is -2.47. The quantitative estimate of drug-likeness (QED) is 0.560. The highest BCUT2D eigenvalue weighted by atomic mass is 16.2. The van der Waals surface area contributed by atoms with Gasteiger partial charge in [-0.3, -0.25) is 25.1 Å². The maximum Gasteiger partial charge on any atom is 0.332 e. The summed E-state index contributed by atoms with van der Waals surface area (Å²) in [5, 5.41) is 7.81. The molecule has 1 aromatic rings. The topological polar surface area (TPSA) is 108 Å². The monoisotopic (exact) mass is 478 g/mol. The van der Waals surface area contributed by atoms with Crippen LogP contribution in [-0.4, -0.2) is 23.9 Å². The van der Waals surface area contributed by atoms with E-state index in [4.69, 9.17) is 0 Å². The Hall–Kier alpha value is -3.42. The molecular formula is C27H34N4O4.